The Bertz CT molecular complexity index is 1180. The van der Waals surface area contributed by atoms with Crippen LogP contribution in [-0.2, 0) is 0 Å². The van der Waals surface area contributed by atoms with Crippen LogP contribution in [0.15, 0.2) is 72.2 Å². The standard InChI is InChI=1S/C24H22N4OS/c25-23-21-20(17-7-3-1-4-8-17)16-30-22(21)19(15-26-23)24(29)28-13-11-27(12-14-28)18-9-5-2-6-10-18/h1-10,15-16H,11-14H2,(H2,25,26). The number of nitrogens with two attached hydrogens (primary N) is 1. The number of anilines is 2. The Kier molecular flexibility index (Phi) is 4.85. The molecule has 1 fully saturated rings. The van der Waals surface area contributed by atoms with Gasteiger partial charge in [-0.25, -0.2) is 4.98 Å². The van der Waals surface area contributed by atoms with Gasteiger partial charge in [0.1, 0.15) is 5.82 Å². The maximum Gasteiger partial charge on any atom is 0.257 e. The van der Waals surface area contributed by atoms with Crippen molar-refractivity contribution >= 4 is 38.8 Å². The molecule has 1 aliphatic heterocycles. The van der Waals surface area contributed by atoms with Crippen molar-refractivity contribution in [3.63, 3.8) is 0 Å². The summed E-state index contributed by atoms with van der Waals surface area (Å²) in [5, 5.41) is 2.95. The fourth-order valence-electron chi connectivity index (χ4n) is 4.03. The van der Waals surface area contributed by atoms with Crippen LogP contribution in [0.4, 0.5) is 11.5 Å². The van der Waals surface area contributed by atoms with E-state index < -0.39 is 0 Å². The molecule has 1 aliphatic rings. The van der Waals surface area contributed by atoms with Gasteiger partial charge < -0.3 is 15.5 Å². The minimum Gasteiger partial charge on any atom is -0.383 e. The molecule has 5 nitrogen and oxygen atoms in total. The summed E-state index contributed by atoms with van der Waals surface area (Å²) in [5.41, 5.74) is 10.2. The highest BCUT2D eigenvalue weighted by Crippen LogP contribution is 2.38. The fourth-order valence-corrected chi connectivity index (χ4v) is 5.12. The molecule has 4 aromatic rings. The van der Waals surface area contributed by atoms with Gasteiger partial charge in [-0.05, 0) is 23.1 Å². The van der Waals surface area contributed by atoms with Crippen LogP contribution in [-0.4, -0.2) is 42.0 Å². The third-order valence-electron chi connectivity index (χ3n) is 5.63. The number of nitrogen functional groups attached to an aromatic ring is 1. The molecule has 30 heavy (non-hydrogen) atoms. The second-order valence-electron chi connectivity index (χ2n) is 7.39. The quantitative estimate of drug-likeness (QED) is 0.536. The molecule has 5 rings (SSSR count). The average Bonchev–Trinajstić information content (AvgIpc) is 3.26. The van der Waals surface area contributed by atoms with E-state index in [1.54, 1.807) is 17.5 Å². The zero-order valence-electron chi connectivity index (χ0n) is 16.5. The van der Waals surface area contributed by atoms with E-state index in [2.05, 4.69) is 39.5 Å². The Hall–Kier alpha value is -3.38. The molecule has 0 atom stereocenters. The molecular formula is C24H22N4OS. The molecule has 2 aromatic carbocycles. The number of carbonyl (C=O) groups excluding carboxylic acids is 1. The Morgan fingerprint density at radius 3 is 2.30 bits per heavy atom. The summed E-state index contributed by atoms with van der Waals surface area (Å²) in [5.74, 6) is 0.497. The van der Waals surface area contributed by atoms with E-state index in [4.69, 9.17) is 5.73 Å². The molecular weight excluding hydrogens is 392 g/mol. The average molecular weight is 415 g/mol. The first-order chi connectivity index (χ1) is 14.7. The predicted molar refractivity (Wildman–Crippen MR) is 124 cm³/mol. The number of aromatic nitrogens is 1. The number of pyridine rings is 1. The lowest BCUT2D eigenvalue weighted by Crippen LogP contribution is -2.48. The van der Waals surface area contributed by atoms with Gasteiger partial charge >= 0.3 is 0 Å². The summed E-state index contributed by atoms with van der Waals surface area (Å²) in [6.07, 6.45) is 1.63. The zero-order chi connectivity index (χ0) is 20.5. The third kappa shape index (κ3) is 3.29. The lowest BCUT2D eigenvalue weighted by atomic mass is 10.0. The highest BCUT2D eigenvalue weighted by atomic mass is 32.1. The fraction of sp³-hybridized carbons (Fsp3) is 0.167. The maximum atomic E-state index is 13.3. The van der Waals surface area contributed by atoms with Gasteiger partial charge in [0.15, 0.2) is 0 Å². The molecule has 0 bridgehead atoms. The topological polar surface area (TPSA) is 62.5 Å². The summed E-state index contributed by atoms with van der Waals surface area (Å²) in [6, 6.07) is 20.4. The van der Waals surface area contributed by atoms with E-state index in [-0.39, 0.29) is 5.91 Å². The van der Waals surface area contributed by atoms with Crippen LogP contribution < -0.4 is 10.6 Å². The summed E-state index contributed by atoms with van der Waals surface area (Å²) in [4.78, 5) is 22.0. The zero-order valence-corrected chi connectivity index (χ0v) is 17.3. The van der Waals surface area contributed by atoms with Gasteiger partial charge in [-0.3, -0.25) is 4.79 Å². The van der Waals surface area contributed by atoms with Gasteiger partial charge in [0.05, 0.1) is 10.3 Å². The molecule has 1 amide bonds. The first kappa shape index (κ1) is 18.6. The number of nitrogens with zero attached hydrogens (tertiary/aromatic N) is 3. The van der Waals surface area contributed by atoms with Gasteiger partial charge in [0.2, 0.25) is 0 Å². The predicted octanol–water partition coefficient (Wildman–Crippen LogP) is 4.51. The number of hydrogen-bond donors (Lipinski definition) is 1. The molecule has 0 radical (unpaired) electrons. The van der Waals surface area contributed by atoms with E-state index in [9.17, 15) is 4.79 Å². The summed E-state index contributed by atoms with van der Waals surface area (Å²) >= 11 is 1.56. The Morgan fingerprint density at radius 1 is 0.933 bits per heavy atom. The molecule has 2 N–H and O–H groups in total. The van der Waals surface area contributed by atoms with Crippen molar-refractivity contribution in [1.82, 2.24) is 9.88 Å². The minimum absolute atomic E-state index is 0.0293. The number of piperazine rings is 1. The van der Waals surface area contributed by atoms with Crippen molar-refractivity contribution < 1.29 is 4.79 Å². The lowest BCUT2D eigenvalue weighted by Gasteiger charge is -2.36. The Morgan fingerprint density at radius 2 is 1.60 bits per heavy atom. The number of benzene rings is 2. The molecule has 0 unspecified atom stereocenters. The van der Waals surface area contributed by atoms with E-state index >= 15 is 0 Å². The highest BCUT2D eigenvalue weighted by Gasteiger charge is 2.25. The van der Waals surface area contributed by atoms with Gasteiger partial charge in [0, 0.05) is 49.0 Å². The molecule has 3 heterocycles. The van der Waals surface area contributed by atoms with Crippen LogP contribution in [0.5, 0.6) is 0 Å². The normalized spacial score (nSPS) is 14.3. The number of thiophene rings is 1. The van der Waals surface area contributed by atoms with Crippen molar-refractivity contribution in [2.75, 3.05) is 36.8 Å². The third-order valence-corrected chi connectivity index (χ3v) is 6.64. The van der Waals surface area contributed by atoms with Crippen molar-refractivity contribution in [3.05, 3.63) is 77.8 Å². The van der Waals surface area contributed by atoms with Gasteiger partial charge in [-0.15, -0.1) is 11.3 Å². The number of fused-ring (bicyclic) bond motifs is 1. The Balaban J connectivity index is 1.42. The number of rotatable bonds is 3. The molecule has 150 valence electrons. The van der Waals surface area contributed by atoms with Crippen molar-refractivity contribution in [2.24, 2.45) is 0 Å². The molecule has 2 aromatic heterocycles. The van der Waals surface area contributed by atoms with Gasteiger partial charge in [-0.1, -0.05) is 48.5 Å². The summed E-state index contributed by atoms with van der Waals surface area (Å²) in [6.45, 7) is 3.02. The molecule has 0 aliphatic carbocycles. The van der Waals surface area contributed by atoms with Crippen LogP contribution in [0.2, 0.25) is 0 Å². The highest BCUT2D eigenvalue weighted by molar-refractivity contribution is 7.18. The maximum absolute atomic E-state index is 13.3. The van der Waals surface area contributed by atoms with E-state index in [0.29, 0.717) is 24.5 Å². The van der Waals surface area contributed by atoms with Crippen LogP contribution >= 0.6 is 11.3 Å². The smallest absolute Gasteiger partial charge is 0.257 e. The van der Waals surface area contributed by atoms with Crippen LogP contribution in [0.25, 0.3) is 21.2 Å². The largest absolute Gasteiger partial charge is 0.383 e. The Labute approximate surface area is 179 Å². The van der Waals surface area contributed by atoms with Crippen molar-refractivity contribution in [2.45, 2.75) is 0 Å². The van der Waals surface area contributed by atoms with E-state index in [0.717, 1.165) is 34.3 Å². The number of hydrogen-bond acceptors (Lipinski definition) is 5. The molecule has 6 heteroatoms. The first-order valence-electron chi connectivity index (χ1n) is 10.0. The molecule has 0 spiro atoms. The number of carbonyl (C=O) groups is 1. The van der Waals surface area contributed by atoms with Crippen LogP contribution in [0, 0.1) is 0 Å². The summed E-state index contributed by atoms with van der Waals surface area (Å²) < 4.78 is 0.914. The van der Waals surface area contributed by atoms with E-state index in [1.807, 2.05) is 41.3 Å². The second kappa shape index (κ2) is 7.80. The SMILES string of the molecule is Nc1ncc(C(=O)N2CCN(c3ccccc3)CC2)c2scc(-c3ccccc3)c12. The van der Waals surface area contributed by atoms with Crippen LogP contribution in [0.1, 0.15) is 10.4 Å². The van der Waals surface area contributed by atoms with E-state index in [1.165, 1.54) is 5.69 Å². The van der Waals surface area contributed by atoms with Gasteiger partial charge in [-0.2, -0.15) is 0 Å². The number of para-hydroxylation sites is 1. The van der Waals surface area contributed by atoms with Gasteiger partial charge in [0.25, 0.3) is 5.91 Å². The first-order valence-corrected chi connectivity index (χ1v) is 10.9. The van der Waals surface area contributed by atoms with Crippen molar-refractivity contribution in [1.29, 1.82) is 0 Å². The second-order valence-corrected chi connectivity index (χ2v) is 8.27. The lowest BCUT2D eigenvalue weighted by molar-refractivity contribution is 0.0748. The molecule has 0 saturated carbocycles. The minimum atomic E-state index is 0.0293. The van der Waals surface area contributed by atoms with Crippen molar-refractivity contribution in [3.8, 4) is 11.1 Å². The van der Waals surface area contributed by atoms with Crippen LogP contribution in [0.3, 0.4) is 0 Å². The number of amides is 1. The molecule has 1 saturated heterocycles. The monoisotopic (exact) mass is 414 g/mol. The summed E-state index contributed by atoms with van der Waals surface area (Å²) in [7, 11) is 0.